The number of aliphatic hydroxyl groups is 1. The van der Waals surface area contributed by atoms with Gasteiger partial charge in [0.25, 0.3) is 0 Å². The third-order valence-electron chi connectivity index (χ3n) is 6.26. The lowest BCUT2D eigenvalue weighted by Crippen LogP contribution is -2.54. The van der Waals surface area contributed by atoms with E-state index in [4.69, 9.17) is 14.4 Å². The maximum Gasteiger partial charge on any atom is 0.334 e. The van der Waals surface area contributed by atoms with Crippen molar-refractivity contribution in [3.63, 3.8) is 0 Å². The van der Waals surface area contributed by atoms with Crippen LogP contribution in [0.25, 0.3) is 0 Å². The summed E-state index contributed by atoms with van der Waals surface area (Å²) >= 11 is 0. The Balaban J connectivity index is 1.91. The molecular weight excluding hydrogens is 336 g/mol. The average molecular weight is 366 g/mol. The molecule has 0 radical (unpaired) electrons. The van der Waals surface area contributed by atoms with Crippen molar-refractivity contribution >= 4 is 5.97 Å². The minimum absolute atomic E-state index is 0.113. The molecule has 2 N–H and O–H groups in total. The van der Waals surface area contributed by atoms with Gasteiger partial charge in [-0.25, -0.2) is 9.68 Å². The van der Waals surface area contributed by atoms with E-state index in [2.05, 4.69) is 13.5 Å². The van der Waals surface area contributed by atoms with Crippen LogP contribution >= 0.6 is 0 Å². The van der Waals surface area contributed by atoms with Crippen LogP contribution in [0.3, 0.4) is 0 Å². The molecule has 3 aliphatic rings. The van der Waals surface area contributed by atoms with Crippen LogP contribution in [0.1, 0.15) is 52.9 Å². The van der Waals surface area contributed by atoms with Gasteiger partial charge in [-0.2, -0.15) is 0 Å². The Morgan fingerprint density at radius 3 is 2.77 bits per heavy atom. The van der Waals surface area contributed by atoms with Crippen LogP contribution in [0.15, 0.2) is 24.3 Å². The molecule has 0 aromatic heterocycles. The number of rotatable bonds is 1. The quantitative estimate of drug-likeness (QED) is 0.244. The summed E-state index contributed by atoms with van der Waals surface area (Å²) in [6.07, 6.45) is 5.76. The van der Waals surface area contributed by atoms with Crippen molar-refractivity contribution in [2.45, 2.75) is 82.4 Å². The minimum atomic E-state index is -1.11. The topological polar surface area (TPSA) is 85.2 Å². The molecule has 146 valence electrons. The van der Waals surface area contributed by atoms with Crippen LogP contribution in [-0.4, -0.2) is 45.8 Å². The van der Waals surface area contributed by atoms with Gasteiger partial charge >= 0.3 is 5.97 Å². The summed E-state index contributed by atoms with van der Waals surface area (Å²) in [5, 5.41) is 20.3. The molecule has 7 unspecified atom stereocenters. The van der Waals surface area contributed by atoms with Gasteiger partial charge in [0.1, 0.15) is 11.7 Å². The van der Waals surface area contributed by atoms with Gasteiger partial charge in [0.2, 0.25) is 0 Å². The van der Waals surface area contributed by atoms with Gasteiger partial charge < -0.3 is 14.6 Å². The SMILES string of the molecule is C=C1C(=O)OC2C1CC1OC2C(C)CCCC(C)(OO)C=CCC1(C)O. The second kappa shape index (κ2) is 7.08. The lowest BCUT2D eigenvalue weighted by Gasteiger charge is -2.45. The highest BCUT2D eigenvalue weighted by molar-refractivity contribution is 5.91. The molecule has 2 fully saturated rings. The summed E-state index contributed by atoms with van der Waals surface area (Å²) in [6, 6.07) is 0. The molecule has 0 amide bonds. The van der Waals surface area contributed by atoms with Gasteiger partial charge in [-0.05, 0) is 51.9 Å². The molecule has 0 aromatic rings. The summed E-state index contributed by atoms with van der Waals surface area (Å²) in [7, 11) is 0. The van der Waals surface area contributed by atoms with Crippen molar-refractivity contribution in [1.82, 2.24) is 0 Å². The zero-order valence-corrected chi connectivity index (χ0v) is 15.8. The maximum absolute atomic E-state index is 12.0. The molecule has 7 atom stereocenters. The van der Waals surface area contributed by atoms with Crippen molar-refractivity contribution < 1.29 is 29.5 Å². The summed E-state index contributed by atoms with van der Waals surface area (Å²) in [4.78, 5) is 16.7. The van der Waals surface area contributed by atoms with Crippen LogP contribution in [0, 0.1) is 11.8 Å². The molecule has 26 heavy (non-hydrogen) atoms. The maximum atomic E-state index is 12.0. The highest BCUT2D eigenvalue weighted by Crippen LogP contribution is 2.44. The van der Waals surface area contributed by atoms with Crippen LogP contribution in [0.5, 0.6) is 0 Å². The number of hydrogen-bond acceptors (Lipinski definition) is 6. The van der Waals surface area contributed by atoms with Crippen molar-refractivity contribution in [2.24, 2.45) is 11.8 Å². The first-order chi connectivity index (χ1) is 12.2. The molecule has 3 aliphatic heterocycles. The predicted molar refractivity (Wildman–Crippen MR) is 95.3 cm³/mol. The van der Waals surface area contributed by atoms with E-state index in [1.807, 2.05) is 13.0 Å². The molecule has 3 heterocycles. The monoisotopic (exact) mass is 366 g/mol. The Kier molecular flexibility index (Phi) is 5.32. The molecule has 0 aromatic carbocycles. The number of fused-ring (bicyclic) bond motifs is 4. The fourth-order valence-electron chi connectivity index (χ4n) is 4.39. The molecular formula is C20H30O6. The number of carbonyl (C=O) groups excluding carboxylic acids is 1. The lowest BCUT2D eigenvalue weighted by molar-refractivity contribution is -0.304. The second-order valence-corrected chi connectivity index (χ2v) is 8.56. The van der Waals surface area contributed by atoms with E-state index in [0.29, 0.717) is 24.8 Å². The smallest absolute Gasteiger partial charge is 0.334 e. The van der Waals surface area contributed by atoms with Crippen LogP contribution in [0.2, 0.25) is 0 Å². The van der Waals surface area contributed by atoms with E-state index in [1.54, 1.807) is 13.0 Å². The van der Waals surface area contributed by atoms with Crippen molar-refractivity contribution in [1.29, 1.82) is 0 Å². The van der Waals surface area contributed by atoms with Crippen LogP contribution in [-0.2, 0) is 19.2 Å². The number of esters is 1. The molecule has 3 rings (SSSR count). The first kappa shape index (κ1) is 19.5. The summed E-state index contributed by atoms with van der Waals surface area (Å²) in [5.41, 5.74) is -1.40. The molecule has 2 bridgehead atoms. The highest BCUT2D eigenvalue weighted by atomic mass is 17.1. The fraction of sp³-hybridized carbons (Fsp3) is 0.750. The van der Waals surface area contributed by atoms with E-state index in [-0.39, 0.29) is 30.0 Å². The largest absolute Gasteiger partial charge is 0.456 e. The second-order valence-electron chi connectivity index (χ2n) is 8.56. The van der Waals surface area contributed by atoms with Gasteiger partial charge in [0, 0.05) is 11.5 Å². The normalized spacial score (nSPS) is 46.9. The van der Waals surface area contributed by atoms with Gasteiger partial charge in [0.05, 0.1) is 17.8 Å². The predicted octanol–water partition coefficient (Wildman–Crippen LogP) is 3.01. The Labute approximate surface area is 154 Å². The van der Waals surface area contributed by atoms with Gasteiger partial charge in [-0.15, -0.1) is 0 Å². The Hall–Kier alpha value is -1.21. The molecule has 2 saturated heterocycles. The third-order valence-corrected chi connectivity index (χ3v) is 6.26. The molecule has 6 heteroatoms. The summed E-state index contributed by atoms with van der Waals surface area (Å²) in [6.45, 7) is 9.55. The molecule has 0 spiro atoms. The Bertz CT molecular complexity index is 597. The Morgan fingerprint density at radius 2 is 2.08 bits per heavy atom. The number of carbonyl (C=O) groups is 1. The summed E-state index contributed by atoms with van der Waals surface area (Å²) in [5.74, 6) is -0.337. The fourth-order valence-corrected chi connectivity index (χ4v) is 4.39. The number of ether oxygens (including phenoxy) is 2. The van der Waals surface area contributed by atoms with Gasteiger partial charge in [0.15, 0.2) is 0 Å². The average Bonchev–Trinajstić information content (AvgIpc) is 2.87. The van der Waals surface area contributed by atoms with Gasteiger partial charge in [-0.3, -0.25) is 5.26 Å². The van der Waals surface area contributed by atoms with Crippen LogP contribution in [0.4, 0.5) is 0 Å². The molecule has 6 nitrogen and oxygen atoms in total. The minimum Gasteiger partial charge on any atom is -0.456 e. The zero-order valence-electron chi connectivity index (χ0n) is 15.8. The van der Waals surface area contributed by atoms with Gasteiger partial charge in [-0.1, -0.05) is 25.7 Å². The van der Waals surface area contributed by atoms with E-state index in [1.165, 1.54) is 0 Å². The number of hydrogen-bond donors (Lipinski definition) is 2. The third kappa shape index (κ3) is 3.60. The van der Waals surface area contributed by atoms with Crippen LogP contribution < -0.4 is 0 Å². The first-order valence-electron chi connectivity index (χ1n) is 9.45. The molecule has 0 saturated carbocycles. The van der Waals surface area contributed by atoms with E-state index < -0.39 is 17.3 Å². The first-order valence-corrected chi connectivity index (χ1v) is 9.45. The zero-order chi connectivity index (χ0) is 19.1. The Morgan fingerprint density at radius 1 is 1.35 bits per heavy atom. The van der Waals surface area contributed by atoms with E-state index in [0.717, 1.165) is 12.8 Å². The van der Waals surface area contributed by atoms with Crippen molar-refractivity contribution in [2.75, 3.05) is 0 Å². The standard InChI is InChI=1S/C20H30O6/c1-12-7-5-8-19(3,26-23)9-6-10-20(4,22)15-11-14-13(2)18(21)25-17(14)16(12)24-15/h6,9,12,14-17,22-23H,2,5,7-8,10-11H2,1,3-4H3. The van der Waals surface area contributed by atoms with E-state index >= 15 is 0 Å². The van der Waals surface area contributed by atoms with Crippen molar-refractivity contribution in [3.8, 4) is 0 Å². The summed E-state index contributed by atoms with van der Waals surface area (Å²) < 4.78 is 11.9. The van der Waals surface area contributed by atoms with E-state index in [9.17, 15) is 15.2 Å². The highest BCUT2D eigenvalue weighted by Gasteiger charge is 2.53. The lowest BCUT2D eigenvalue weighted by atomic mass is 9.76. The molecule has 0 aliphatic carbocycles. The van der Waals surface area contributed by atoms with Crippen molar-refractivity contribution in [3.05, 3.63) is 24.3 Å².